The summed E-state index contributed by atoms with van der Waals surface area (Å²) in [6.45, 7) is 1.93. The second-order valence-electron chi connectivity index (χ2n) is 9.26. The first-order valence-electron chi connectivity index (χ1n) is 13.3. The highest BCUT2D eigenvalue weighted by atomic mass is 35.5. The summed E-state index contributed by atoms with van der Waals surface area (Å²) < 4.78 is 5.24. The van der Waals surface area contributed by atoms with E-state index in [0.29, 0.717) is 44.7 Å². The number of nitrogens with one attached hydrogen (secondary N) is 3. The van der Waals surface area contributed by atoms with Gasteiger partial charge in [0.1, 0.15) is 11.4 Å². The number of hydrogen-bond donors (Lipinski definition) is 3. The Hall–Kier alpha value is -4.24. The van der Waals surface area contributed by atoms with Gasteiger partial charge < -0.3 is 20.7 Å². The number of halogens is 2. The Balaban J connectivity index is 1.51. The fraction of sp³-hybridized carbons (Fsp3) is 0.121. The summed E-state index contributed by atoms with van der Waals surface area (Å²) in [5, 5.41) is 8.86. The Morgan fingerprint density at radius 3 is 2.28 bits per heavy atom. The van der Waals surface area contributed by atoms with Gasteiger partial charge in [-0.2, -0.15) is 0 Å². The van der Waals surface area contributed by atoms with E-state index in [9.17, 15) is 14.4 Å². The second kappa shape index (κ2) is 15.3. The van der Waals surface area contributed by atoms with Gasteiger partial charge in [-0.15, -0.1) is 11.8 Å². The Bertz CT molecular complexity index is 1650. The van der Waals surface area contributed by atoms with E-state index in [1.807, 2.05) is 13.0 Å². The molecule has 0 saturated heterocycles. The van der Waals surface area contributed by atoms with Crippen LogP contribution in [0.3, 0.4) is 0 Å². The van der Waals surface area contributed by atoms with Crippen LogP contribution in [0.25, 0.3) is 6.08 Å². The van der Waals surface area contributed by atoms with E-state index in [-0.39, 0.29) is 16.9 Å². The zero-order chi connectivity index (χ0) is 30.8. The number of methoxy groups -OCH3 is 1. The lowest BCUT2D eigenvalue weighted by molar-refractivity contribution is -0.116. The van der Waals surface area contributed by atoms with Crippen molar-refractivity contribution in [3.8, 4) is 5.75 Å². The van der Waals surface area contributed by atoms with Gasteiger partial charge in [-0.3, -0.25) is 14.4 Å². The molecule has 4 aromatic carbocycles. The zero-order valence-corrected chi connectivity index (χ0v) is 25.7. The van der Waals surface area contributed by atoms with Crippen LogP contribution in [0.5, 0.6) is 5.75 Å². The average Bonchev–Trinajstić information content (AvgIpc) is 3.01. The summed E-state index contributed by atoms with van der Waals surface area (Å²) in [7, 11) is 1.57. The van der Waals surface area contributed by atoms with E-state index in [2.05, 4.69) is 16.0 Å². The molecule has 1 atom stereocenters. The predicted octanol–water partition coefficient (Wildman–Crippen LogP) is 7.92. The van der Waals surface area contributed by atoms with Crippen LogP contribution in [0.1, 0.15) is 29.3 Å². The third-order valence-electron chi connectivity index (χ3n) is 6.16. The summed E-state index contributed by atoms with van der Waals surface area (Å²) in [5.74, 6) is -0.512. The lowest BCUT2D eigenvalue weighted by Crippen LogP contribution is -2.30. The molecule has 0 aliphatic heterocycles. The zero-order valence-electron chi connectivity index (χ0n) is 23.4. The van der Waals surface area contributed by atoms with Crippen LogP contribution in [0.2, 0.25) is 10.0 Å². The van der Waals surface area contributed by atoms with Gasteiger partial charge >= 0.3 is 0 Å². The number of amides is 3. The quantitative estimate of drug-likeness (QED) is 0.115. The summed E-state index contributed by atoms with van der Waals surface area (Å²) in [5.41, 5.74) is 2.00. The van der Waals surface area contributed by atoms with Crippen molar-refractivity contribution in [2.24, 2.45) is 0 Å². The smallest absolute Gasteiger partial charge is 0.272 e. The summed E-state index contributed by atoms with van der Waals surface area (Å²) in [6.07, 6.45) is 2.07. The molecule has 0 spiro atoms. The van der Waals surface area contributed by atoms with Crippen molar-refractivity contribution in [3.05, 3.63) is 124 Å². The van der Waals surface area contributed by atoms with E-state index in [1.54, 1.807) is 98.1 Å². The first kappa shape index (κ1) is 31.7. The maximum absolute atomic E-state index is 13.5. The topological polar surface area (TPSA) is 96.5 Å². The predicted molar refractivity (Wildman–Crippen MR) is 175 cm³/mol. The molecule has 0 radical (unpaired) electrons. The minimum absolute atomic E-state index is 0.0137. The number of carbonyl (C=O) groups excluding carboxylic acids is 3. The molecule has 4 aromatic rings. The maximum atomic E-state index is 13.5. The van der Waals surface area contributed by atoms with Crippen LogP contribution in [-0.4, -0.2) is 30.1 Å². The molecule has 4 rings (SSSR count). The molecule has 7 nitrogen and oxygen atoms in total. The molecule has 1 unspecified atom stereocenters. The molecule has 10 heteroatoms. The van der Waals surface area contributed by atoms with Crippen LogP contribution in [0.15, 0.2) is 108 Å². The molecular formula is C33H29Cl2N3O4S. The highest BCUT2D eigenvalue weighted by Gasteiger charge is 2.20. The minimum atomic E-state index is -0.555. The summed E-state index contributed by atoms with van der Waals surface area (Å²) >= 11 is 13.8. The number of ether oxygens (including phenoxy) is 1. The highest BCUT2D eigenvalue weighted by molar-refractivity contribution is 8.00. The number of benzene rings is 4. The molecule has 0 fully saturated rings. The number of thioether (sulfide) groups is 1. The van der Waals surface area contributed by atoms with Crippen molar-refractivity contribution in [3.63, 3.8) is 0 Å². The maximum Gasteiger partial charge on any atom is 0.272 e. The van der Waals surface area contributed by atoms with E-state index in [1.165, 1.54) is 17.8 Å². The molecule has 0 aromatic heterocycles. The number of hydrogen-bond acceptors (Lipinski definition) is 5. The number of rotatable bonds is 11. The normalized spacial score (nSPS) is 11.8. The van der Waals surface area contributed by atoms with E-state index >= 15 is 0 Å². The third kappa shape index (κ3) is 9.12. The average molecular weight is 635 g/mol. The van der Waals surface area contributed by atoms with Gasteiger partial charge in [-0.05, 0) is 72.7 Å². The van der Waals surface area contributed by atoms with Gasteiger partial charge in [-0.1, -0.05) is 66.5 Å². The Morgan fingerprint density at radius 1 is 0.860 bits per heavy atom. The van der Waals surface area contributed by atoms with Crippen molar-refractivity contribution in [2.45, 2.75) is 23.5 Å². The Labute approximate surface area is 264 Å². The molecule has 3 N–H and O–H groups in total. The lowest BCUT2D eigenvalue weighted by atomic mass is 10.1. The summed E-state index contributed by atoms with van der Waals surface area (Å²) in [6, 6.07) is 27.7. The molecule has 0 heterocycles. The standard InChI is InChI=1S/C33H29Cl2N3O4S/c1-3-30(33(41)37-24-11-7-13-26(19-24)42-2)43-27-14-8-12-25(20-27)36-32(40)29(17-22-15-16-23(34)18-28(22)35)38-31(39)21-9-5-4-6-10-21/h4-20,30H,3H2,1-2H3,(H,36,40)(H,37,41)(H,38,39)/b29-17+. The fourth-order valence-corrected chi connectivity index (χ4v) is 5.45. The van der Waals surface area contributed by atoms with Gasteiger partial charge in [0.2, 0.25) is 5.91 Å². The largest absolute Gasteiger partial charge is 0.497 e. The van der Waals surface area contributed by atoms with E-state index in [4.69, 9.17) is 27.9 Å². The second-order valence-corrected chi connectivity index (χ2v) is 11.4. The minimum Gasteiger partial charge on any atom is -0.497 e. The monoisotopic (exact) mass is 633 g/mol. The first-order chi connectivity index (χ1) is 20.7. The molecule has 0 bridgehead atoms. The van der Waals surface area contributed by atoms with Crippen molar-refractivity contribution in [1.29, 1.82) is 0 Å². The lowest BCUT2D eigenvalue weighted by Gasteiger charge is -2.16. The molecule has 0 aliphatic carbocycles. The molecule has 3 amide bonds. The van der Waals surface area contributed by atoms with Gasteiger partial charge in [-0.25, -0.2) is 0 Å². The number of anilines is 2. The molecular weight excluding hydrogens is 605 g/mol. The summed E-state index contributed by atoms with van der Waals surface area (Å²) in [4.78, 5) is 40.2. The molecule has 220 valence electrons. The fourth-order valence-electron chi connectivity index (χ4n) is 3.97. The van der Waals surface area contributed by atoms with Crippen LogP contribution in [0.4, 0.5) is 11.4 Å². The third-order valence-corrected chi connectivity index (χ3v) is 8.08. The van der Waals surface area contributed by atoms with Gasteiger partial charge in [0.25, 0.3) is 11.8 Å². The van der Waals surface area contributed by atoms with Crippen molar-refractivity contribution in [1.82, 2.24) is 5.32 Å². The van der Waals surface area contributed by atoms with E-state index in [0.717, 1.165) is 4.90 Å². The van der Waals surface area contributed by atoms with Crippen LogP contribution in [0, 0.1) is 0 Å². The van der Waals surface area contributed by atoms with Gasteiger partial charge in [0.15, 0.2) is 0 Å². The molecule has 0 aliphatic rings. The Kier molecular flexibility index (Phi) is 11.3. The van der Waals surface area contributed by atoms with Gasteiger partial charge in [0.05, 0.1) is 12.4 Å². The molecule has 43 heavy (non-hydrogen) atoms. The van der Waals surface area contributed by atoms with Crippen LogP contribution >= 0.6 is 35.0 Å². The Morgan fingerprint density at radius 2 is 1.58 bits per heavy atom. The van der Waals surface area contributed by atoms with Crippen molar-refractivity contribution >= 4 is 70.1 Å². The highest BCUT2D eigenvalue weighted by Crippen LogP contribution is 2.29. The SMILES string of the molecule is CCC(Sc1cccc(NC(=O)/C(=C\c2ccc(Cl)cc2Cl)NC(=O)c2ccccc2)c1)C(=O)Nc1cccc(OC)c1. The first-order valence-corrected chi connectivity index (χ1v) is 15.0. The van der Waals surface area contributed by atoms with Crippen LogP contribution < -0.4 is 20.7 Å². The number of carbonyl (C=O) groups is 3. The van der Waals surface area contributed by atoms with E-state index < -0.39 is 11.8 Å². The van der Waals surface area contributed by atoms with Crippen molar-refractivity contribution in [2.75, 3.05) is 17.7 Å². The van der Waals surface area contributed by atoms with Crippen molar-refractivity contribution < 1.29 is 19.1 Å². The van der Waals surface area contributed by atoms with Gasteiger partial charge in [0, 0.05) is 37.9 Å². The van der Waals surface area contributed by atoms with Crippen LogP contribution in [-0.2, 0) is 9.59 Å². The molecule has 0 saturated carbocycles.